The van der Waals surface area contributed by atoms with E-state index in [9.17, 15) is 18.3 Å². The van der Waals surface area contributed by atoms with Crippen molar-refractivity contribution in [3.63, 3.8) is 0 Å². The number of carbonyl (C=O) groups is 1. The summed E-state index contributed by atoms with van der Waals surface area (Å²) >= 11 is 0. The maximum Gasteiger partial charge on any atom is 0.286 e. The van der Waals surface area contributed by atoms with Crippen LogP contribution < -0.4 is 11.1 Å². The number of aliphatic hydroxyl groups excluding tert-OH is 1. The normalized spacial score (nSPS) is 22.0. The van der Waals surface area contributed by atoms with Crippen LogP contribution in [0.1, 0.15) is 51.7 Å². The third-order valence-electron chi connectivity index (χ3n) is 6.10. The largest absolute Gasteiger partial charge is 0.506 e. The van der Waals surface area contributed by atoms with Crippen molar-refractivity contribution in [2.24, 2.45) is 9.81 Å². The van der Waals surface area contributed by atoms with E-state index in [1.54, 1.807) is 18.2 Å². The van der Waals surface area contributed by atoms with Gasteiger partial charge in [0.25, 0.3) is 10.0 Å². The molecule has 7 nitrogen and oxygen atoms in total. The average molecular weight is 454 g/mol. The number of aliphatic hydroxyl groups is 1. The molecule has 0 aromatic heterocycles. The summed E-state index contributed by atoms with van der Waals surface area (Å²) in [5, 5.41) is 14.0. The predicted molar refractivity (Wildman–Crippen MR) is 126 cm³/mol. The first kappa shape index (κ1) is 22.1. The second kappa shape index (κ2) is 7.20. The molecular weight excluding hydrogens is 426 g/mol. The van der Waals surface area contributed by atoms with Gasteiger partial charge in [-0.05, 0) is 48.9 Å². The third-order valence-corrected chi connectivity index (χ3v) is 7.42. The number of sulfonamides is 1. The molecule has 2 aromatic carbocycles. The lowest BCUT2D eigenvalue weighted by Gasteiger charge is -2.37. The van der Waals surface area contributed by atoms with E-state index in [4.69, 9.17) is 5.73 Å². The standard InChI is InChI=1S/C24H27N3O4S/c1-23(2,3)11-12-24(4)16-8-6-5-7-15(16)20(28)19(21(24)29)22-26-17-10-9-14(25)13-18(17)32(30,31)27-22/h5-10,13,28H,11-12,25H2,1-4H3,(H,26,27)/t24-/m1/s1. The molecule has 0 saturated carbocycles. The van der Waals surface area contributed by atoms with Crippen molar-refractivity contribution in [2.75, 3.05) is 11.1 Å². The van der Waals surface area contributed by atoms with Crippen LogP contribution in [0.3, 0.4) is 0 Å². The summed E-state index contributed by atoms with van der Waals surface area (Å²) in [6, 6.07) is 11.6. The molecule has 1 heterocycles. The molecule has 0 spiro atoms. The monoisotopic (exact) mass is 453 g/mol. The van der Waals surface area contributed by atoms with Gasteiger partial charge in [0.1, 0.15) is 16.2 Å². The van der Waals surface area contributed by atoms with Crippen LogP contribution in [-0.2, 0) is 20.2 Å². The third kappa shape index (κ3) is 3.58. The van der Waals surface area contributed by atoms with E-state index in [0.717, 1.165) is 12.0 Å². The first-order chi connectivity index (χ1) is 14.8. The number of benzene rings is 2. The van der Waals surface area contributed by atoms with Crippen molar-refractivity contribution >= 4 is 38.8 Å². The lowest BCUT2D eigenvalue weighted by atomic mass is 9.65. The highest BCUT2D eigenvalue weighted by atomic mass is 32.2. The fourth-order valence-corrected chi connectivity index (χ4v) is 5.35. The zero-order valence-electron chi connectivity index (χ0n) is 18.6. The summed E-state index contributed by atoms with van der Waals surface area (Å²) in [6.07, 6.45) is 1.30. The molecule has 168 valence electrons. The number of Topliss-reactive ketones (excluding diaryl/α,β-unsaturated/α-hetero) is 1. The molecule has 0 amide bonds. The minimum atomic E-state index is -4.11. The highest BCUT2D eigenvalue weighted by molar-refractivity contribution is 7.90. The molecular formula is C24H27N3O4S. The van der Waals surface area contributed by atoms with Gasteiger partial charge in [-0.2, -0.15) is 8.42 Å². The quantitative estimate of drug-likeness (QED) is 0.592. The van der Waals surface area contributed by atoms with Crippen molar-refractivity contribution < 1.29 is 18.3 Å². The van der Waals surface area contributed by atoms with E-state index in [0.29, 0.717) is 12.0 Å². The Balaban J connectivity index is 1.89. The maximum absolute atomic E-state index is 13.9. The molecule has 1 atom stereocenters. The zero-order chi connectivity index (χ0) is 23.5. The van der Waals surface area contributed by atoms with Crippen LogP contribution in [0.15, 0.2) is 57.3 Å². The van der Waals surface area contributed by atoms with E-state index in [2.05, 4.69) is 30.5 Å². The number of anilines is 2. The number of ketones is 1. The lowest BCUT2D eigenvalue weighted by Crippen LogP contribution is -2.42. The molecule has 8 heteroatoms. The van der Waals surface area contributed by atoms with Crippen LogP contribution in [0, 0.1) is 5.41 Å². The Bertz CT molecular complexity index is 1300. The van der Waals surface area contributed by atoms with Gasteiger partial charge >= 0.3 is 0 Å². The number of fused-ring (bicyclic) bond motifs is 2. The Labute approximate surface area is 188 Å². The van der Waals surface area contributed by atoms with E-state index in [1.165, 1.54) is 12.1 Å². The molecule has 4 rings (SSSR count). The van der Waals surface area contributed by atoms with Gasteiger partial charge < -0.3 is 16.2 Å². The van der Waals surface area contributed by atoms with Gasteiger partial charge in [0.05, 0.1) is 11.1 Å². The summed E-state index contributed by atoms with van der Waals surface area (Å²) in [4.78, 5) is 13.8. The van der Waals surface area contributed by atoms with Gasteiger partial charge in [0.15, 0.2) is 11.6 Å². The molecule has 2 aromatic rings. The average Bonchev–Trinajstić information content (AvgIpc) is 2.71. The van der Waals surface area contributed by atoms with Crippen LogP contribution in [0.5, 0.6) is 0 Å². The topological polar surface area (TPSA) is 122 Å². The second-order valence-electron chi connectivity index (χ2n) is 9.79. The Hall–Kier alpha value is -3.13. The summed E-state index contributed by atoms with van der Waals surface area (Å²) in [7, 11) is -4.11. The number of carbonyl (C=O) groups excluding carboxylic acids is 1. The molecule has 1 aliphatic carbocycles. The Kier molecular flexibility index (Phi) is 4.97. The maximum atomic E-state index is 13.9. The smallest absolute Gasteiger partial charge is 0.286 e. The summed E-state index contributed by atoms with van der Waals surface area (Å²) in [5.41, 5.74) is 6.43. The van der Waals surface area contributed by atoms with Gasteiger partial charge in [0, 0.05) is 11.3 Å². The van der Waals surface area contributed by atoms with Gasteiger partial charge in [-0.25, -0.2) is 0 Å². The SMILES string of the molecule is CC(C)(C)CC[C@@]1(C)C(=O)C(C2=NS(=O)(=O)c3cc(N)ccc3N2)=C(O)c2ccccc21. The number of rotatable bonds is 3. The molecule has 2 aliphatic rings. The molecule has 0 fully saturated rings. The minimum Gasteiger partial charge on any atom is -0.506 e. The summed E-state index contributed by atoms with van der Waals surface area (Å²) in [5.74, 6) is -0.821. The number of nitrogens with two attached hydrogens (primary N) is 1. The van der Waals surface area contributed by atoms with Crippen LogP contribution in [-0.4, -0.2) is 25.1 Å². The van der Waals surface area contributed by atoms with Gasteiger partial charge in [-0.3, -0.25) is 4.79 Å². The van der Waals surface area contributed by atoms with E-state index < -0.39 is 15.4 Å². The molecule has 0 saturated heterocycles. The first-order valence-corrected chi connectivity index (χ1v) is 11.9. The van der Waals surface area contributed by atoms with Crippen molar-refractivity contribution in [1.82, 2.24) is 0 Å². The molecule has 32 heavy (non-hydrogen) atoms. The molecule has 0 unspecified atom stereocenters. The number of nitrogen functional groups attached to an aromatic ring is 1. The number of hydrogen-bond acceptors (Lipinski definition) is 6. The Morgan fingerprint density at radius 1 is 1.16 bits per heavy atom. The number of nitrogens with one attached hydrogen (secondary N) is 1. The van der Waals surface area contributed by atoms with Crippen LogP contribution >= 0.6 is 0 Å². The van der Waals surface area contributed by atoms with Crippen molar-refractivity contribution in [3.8, 4) is 0 Å². The molecule has 4 N–H and O–H groups in total. The van der Waals surface area contributed by atoms with Crippen LogP contribution in [0.25, 0.3) is 5.76 Å². The summed E-state index contributed by atoms with van der Waals surface area (Å²) in [6.45, 7) is 8.15. The highest BCUT2D eigenvalue weighted by Gasteiger charge is 2.46. The highest BCUT2D eigenvalue weighted by Crippen LogP contribution is 2.45. The van der Waals surface area contributed by atoms with Crippen molar-refractivity contribution in [2.45, 2.75) is 50.8 Å². The van der Waals surface area contributed by atoms with Gasteiger partial charge in [-0.1, -0.05) is 45.0 Å². The fourth-order valence-electron chi connectivity index (χ4n) is 4.19. The first-order valence-electron chi connectivity index (χ1n) is 10.4. The van der Waals surface area contributed by atoms with Gasteiger partial charge in [0.2, 0.25) is 0 Å². The van der Waals surface area contributed by atoms with Crippen LogP contribution in [0.2, 0.25) is 0 Å². The van der Waals surface area contributed by atoms with Crippen molar-refractivity contribution in [3.05, 3.63) is 59.2 Å². The minimum absolute atomic E-state index is 0.00950. The van der Waals surface area contributed by atoms with Crippen LogP contribution in [0.4, 0.5) is 11.4 Å². The number of hydrogen-bond donors (Lipinski definition) is 3. The fraction of sp³-hybridized carbons (Fsp3) is 0.333. The predicted octanol–water partition coefficient (Wildman–Crippen LogP) is 4.42. The van der Waals surface area contributed by atoms with Crippen molar-refractivity contribution in [1.29, 1.82) is 0 Å². The van der Waals surface area contributed by atoms with E-state index >= 15 is 0 Å². The lowest BCUT2D eigenvalue weighted by molar-refractivity contribution is -0.120. The summed E-state index contributed by atoms with van der Waals surface area (Å²) < 4.78 is 29.6. The molecule has 0 bridgehead atoms. The molecule has 0 radical (unpaired) electrons. The number of nitrogens with zero attached hydrogens (tertiary/aromatic N) is 1. The Morgan fingerprint density at radius 2 is 1.84 bits per heavy atom. The van der Waals surface area contributed by atoms with Gasteiger partial charge in [-0.15, -0.1) is 4.40 Å². The van der Waals surface area contributed by atoms with E-state index in [-0.39, 0.29) is 44.6 Å². The number of amidine groups is 1. The molecule has 1 aliphatic heterocycles. The zero-order valence-corrected chi connectivity index (χ0v) is 19.4. The van der Waals surface area contributed by atoms with E-state index in [1.807, 2.05) is 19.1 Å². The second-order valence-corrected chi connectivity index (χ2v) is 11.4. The Morgan fingerprint density at radius 3 is 2.53 bits per heavy atom.